The summed E-state index contributed by atoms with van der Waals surface area (Å²) in [5.41, 5.74) is 11.5. The van der Waals surface area contributed by atoms with E-state index >= 15 is 0 Å². The fourth-order valence-corrected chi connectivity index (χ4v) is 4.91. The van der Waals surface area contributed by atoms with Crippen LogP contribution in [0.1, 0.15) is 104 Å². The fraction of sp³-hybridized carbons (Fsp3) is 1.00. The maximum atomic E-state index is 11.0. The Morgan fingerprint density at radius 2 is 1.49 bits per heavy atom. The first kappa shape index (κ1) is 36.6. The highest BCUT2D eigenvalue weighted by atomic mass is 16.8. The number of hydrogen-bond donors (Lipinski definition) is 6. The molecule has 8 N–H and O–H groups in total. The number of aliphatic hydroxyl groups is 3. The van der Waals surface area contributed by atoms with Gasteiger partial charge < -0.3 is 51.1 Å². The summed E-state index contributed by atoms with van der Waals surface area (Å²) in [7, 11) is 1.56. The summed E-state index contributed by atoms with van der Waals surface area (Å²) in [6.07, 6.45) is 13.0. The second-order valence-corrected chi connectivity index (χ2v) is 11.0. The molecule has 2 unspecified atom stereocenters. The quantitative estimate of drug-likeness (QED) is 0.0719. The Kier molecular flexibility index (Phi) is 20.9. The minimum atomic E-state index is -2.27. The number of nitrogens with one attached hydrogen (secondary N) is 1. The third-order valence-corrected chi connectivity index (χ3v) is 7.56. The first-order chi connectivity index (χ1) is 18.8. The minimum absolute atomic E-state index is 0.0477. The molecule has 234 valence electrons. The van der Waals surface area contributed by atoms with Gasteiger partial charge in [-0.2, -0.15) is 0 Å². The van der Waals surface area contributed by atoms with E-state index in [1.165, 1.54) is 57.8 Å². The molecule has 10 heteroatoms. The van der Waals surface area contributed by atoms with Crippen molar-refractivity contribution < 1.29 is 34.3 Å². The standard InChI is InChI=1S/C29H61N3O7/c1-4-6-7-8-9-10-11-12-13-14-17-23(16-5-2)37-21-24(36-3)22-38-29(35)28(31)27(34)26(33)25(39-29)20-32-19-15-18-30/h23-28,32-35H,4-22,30-31H2,1-3H3/t23?,24-,25-,26-,27+,28-,29?/m1/s1. The fourth-order valence-electron chi connectivity index (χ4n) is 4.91. The third-order valence-electron chi connectivity index (χ3n) is 7.56. The highest BCUT2D eigenvalue weighted by molar-refractivity contribution is 4.95. The molecular formula is C29H61N3O7. The van der Waals surface area contributed by atoms with Crippen LogP contribution in [0.25, 0.3) is 0 Å². The number of rotatable bonds is 25. The molecular weight excluding hydrogens is 502 g/mol. The molecule has 1 saturated heterocycles. The van der Waals surface area contributed by atoms with Crippen LogP contribution in [0.3, 0.4) is 0 Å². The molecule has 0 amide bonds. The van der Waals surface area contributed by atoms with Gasteiger partial charge in [-0.05, 0) is 32.4 Å². The second kappa shape index (κ2) is 22.2. The van der Waals surface area contributed by atoms with Crippen LogP contribution in [-0.4, -0.2) is 97.8 Å². The maximum absolute atomic E-state index is 11.0. The summed E-state index contributed by atoms with van der Waals surface area (Å²) in [6, 6.07) is -1.35. The van der Waals surface area contributed by atoms with Crippen molar-refractivity contribution in [2.75, 3.05) is 40.0 Å². The van der Waals surface area contributed by atoms with E-state index in [1.807, 2.05) is 0 Å². The molecule has 1 heterocycles. The number of hydrogen-bond acceptors (Lipinski definition) is 10. The maximum Gasteiger partial charge on any atom is 0.299 e. The van der Waals surface area contributed by atoms with E-state index in [1.54, 1.807) is 7.11 Å². The summed E-state index contributed by atoms with van der Waals surface area (Å²) >= 11 is 0. The lowest BCUT2D eigenvalue weighted by Gasteiger charge is -2.46. The Morgan fingerprint density at radius 3 is 2.08 bits per heavy atom. The smallest absolute Gasteiger partial charge is 0.299 e. The minimum Gasteiger partial charge on any atom is -0.388 e. The first-order valence-corrected chi connectivity index (χ1v) is 15.5. The first-order valence-electron chi connectivity index (χ1n) is 15.5. The van der Waals surface area contributed by atoms with Crippen LogP contribution in [0, 0.1) is 0 Å². The average molecular weight is 564 g/mol. The van der Waals surface area contributed by atoms with E-state index in [-0.39, 0.29) is 19.3 Å². The van der Waals surface area contributed by atoms with Crippen molar-refractivity contribution in [3.63, 3.8) is 0 Å². The monoisotopic (exact) mass is 563 g/mol. The molecule has 0 aliphatic carbocycles. The largest absolute Gasteiger partial charge is 0.388 e. The number of unbranched alkanes of at least 4 members (excludes halogenated alkanes) is 9. The topological polar surface area (TPSA) is 162 Å². The van der Waals surface area contributed by atoms with Crippen LogP contribution in [-0.2, 0) is 18.9 Å². The van der Waals surface area contributed by atoms with Gasteiger partial charge in [0.15, 0.2) is 0 Å². The van der Waals surface area contributed by atoms with Gasteiger partial charge in [0.2, 0.25) is 0 Å². The number of aliphatic hydroxyl groups excluding tert-OH is 2. The number of methoxy groups -OCH3 is 1. The molecule has 1 rings (SSSR count). The Labute approximate surface area is 237 Å². The Hall–Kier alpha value is -0.400. The second-order valence-electron chi connectivity index (χ2n) is 11.0. The van der Waals surface area contributed by atoms with E-state index in [2.05, 4.69) is 19.2 Å². The molecule has 0 aromatic heterocycles. The molecule has 0 aromatic carbocycles. The van der Waals surface area contributed by atoms with Crippen LogP contribution in [0.2, 0.25) is 0 Å². The van der Waals surface area contributed by atoms with Gasteiger partial charge in [-0.1, -0.05) is 84.5 Å². The lowest BCUT2D eigenvalue weighted by Crippen LogP contribution is -2.70. The van der Waals surface area contributed by atoms with Crippen LogP contribution in [0.5, 0.6) is 0 Å². The van der Waals surface area contributed by atoms with E-state index in [4.69, 9.17) is 30.4 Å². The highest BCUT2D eigenvalue weighted by Gasteiger charge is 2.53. The molecule has 0 aromatic rings. The molecule has 1 fully saturated rings. The predicted molar refractivity (Wildman–Crippen MR) is 154 cm³/mol. The van der Waals surface area contributed by atoms with Gasteiger partial charge in [0.25, 0.3) is 5.97 Å². The van der Waals surface area contributed by atoms with Gasteiger partial charge in [0.05, 0.1) is 19.3 Å². The molecule has 1 aliphatic heterocycles. The lowest BCUT2D eigenvalue weighted by molar-refractivity contribution is -0.422. The Balaban J connectivity index is 2.42. The van der Waals surface area contributed by atoms with Crippen molar-refractivity contribution in [1.82, 2.24) is 5.32 Å². The molecule has 0 saturated carbocycles. The van der Waals surface area contributed by atoms with Crippen molar-refractivity contribution >= 4 is 0 Å². The molecule has 10 nitrogen and oxygen atoms in total. The number of nitrogens with two attached hydrogens (primary N) is 2. The SMILES string of the molecule is CCCCCCCCCCCCC(CCC)OC[C@H](COC1(O)O[C@H](CNCCCN)[C@@H](O)[C@H](O)[C@H]1N)OC. The number of ether oxygens (including phenoxy) is 4. The summed E-state index contributed by atoms with van der Waals surface area (Å²) < 4.78 is 23.0. The predicted octanol–water partition coefficient (Wildman–Crippen LogP) is 2.55. The summed E-state index contributed by atoms with van der Waals surface area (Å²) in [5.74, 6) is -2.27. The summed E-state index contributed by atoms with van der Waals surface area (Å²) in [4.78, 5) is 0. The van der Waals surface area contributed by atoms with Crippen LogP contribution in [0.15, 0.2) is 0 Å². The van der Waals surface area contributed by atoms with Crippen LogP contribution < -0.4 is 16.8 Å². The Morgan fingerprint density at radius 1 is 0.846 bits per heavy atom. The van der Waals surface area contributed by atoms with Crippen molar-refractivity contribution in [2.24, 2.45) is 11.5 Å². The highest BCUT2D eigenvalue weighted by Crippen LogP contribution is 2.28. The zero-order chi connectivity index (χ0) is 28.9. The summed E-state index contributed by atoms with van der Waals surface area (Å²) in [6.45, 7) is 6.01. The van der Waals surface area contributed by atoms with Gasteiger partial charge in [-0.25, -0.2) is 0 Å². The van der Waals surface area contributed by atoms with Crippen molar-refractivity contribution in [3.05, 3.63) is 0 Å². The third kappa shape index (κ3) is 14.9. The van der Waals surface area contributed by atoms with Crippen molar-refractivity contribution in [1.29, 1.82) is 0 Å². The normalized spacial score (nSPS) is 27.1. The zero-order valence-electron chi connectivity index (χ0n) is 25.0. The van der Waals surface area contributed by atoms with Gasteiger partial charge in [-0.15, -0.1) is 0 Å². The van der Waals surface area contributed by atoms with Gasteiger partial charge in [-0.3, -0.25) is 0 Å². The molecule has 0 spiro atoms. The average Bonchev–Trinajstić information content (AvgIpc) is 2.93. The van der Waals surface area contributed by atoms with E-state index in [0.29, 0.717) is 19.7 Å². The lowest BCUT2D eigenvalue weighted by atomic mass is 9.95. The van der Waals surface area contributed by atoms with Crippen molar-refractivity contribution in [3.8, 4) is 0 Å². The van der Waals surface area contributed by atoms with Gasteiger partial charge in [0, 0.05) is 13.7 Å². The van der Waals surface area contributed by atoms with Gasteiger partial charge in [0.1, 0.15) is 30.5 Å². The van der Waals surface area contributed by atoms with E-state index in [0.717, 1.165) is 32.1 Å². The molecule has 1 aliphatic rings. The molecule has 39 heavy (non-hydrogen) atoms. The molecule has 0 radical (unpaired) electrons. The molecule has 0 bridgehead atoms. The van der Waals surface area contributed by atoms with Gasteiger partial charge >= 0.3 is 0 Å². The Bertz CT molecular complexity index is 577. The van der Waals surface area contributed by atoms with E-state index < -0.39 is 36.4 Å². The van der Waals surface area contributed by atoms with E-state index in [9.17, 15) is 15.3 Å². The van der Waals surface area contributed by atoms with Crippen molar-refractivity contribution in [2.45, 2.75) is 146 Å². The van der Waals surface area contributed by atoms with Crippen LogP contribution >= 0.6 is 0 Å². The van der Waals surface area contributed by atoms with Crippen LogP contribution in [0.4, 0.5) is 0 Å². The zero-order valence-corrected chi connectivity index (χ0v) is 25.0. The molecule has 7 atom stereocenters. The summed E-state index contributed by atoms with van der Waals surface area (Å²) in [5, 5.41) is 34.8.